The second kappa shape index (κ2) is 5.17. The molecule has 0 aromatic heterocycles. The summed E-state index contributed by atoms with van der Waals surface area (Å²) in [4.78, 5) is 0. The lowest BCUT2D eigenvalue weighted by molar-refractivity contribution is 0.217. The molecule has 0 amide bonds. The lowest BCUT2D eigenvalue weighted by atomic mass is 9.79. The zero-order valence-electron chi connectivity index (χ0n) is 9.06. The van der Waals surface area contributed by atoms with E-state index >= 15 is 0 Å². The molecule has 1 unspecified atom stereocenters. The molecule has 82 valence electrons. The molecule has 1 aromatic carbocycles. The van der Waals surface area contributed by atoms with Gasteiger partial charge in [0.05, 0.1) is 6.61 Å². The van der Waals surface area contributed by atoms with Gasteiger partial charge in [0, 0.05) is 6.04 Å². The highest BCUT2D eigenvalue weighted by Crippen LogP contribution is 2.29. The number of hydrogen-bond donors (Lipinski definition) is 1. The molecule has 1 aromatic rings. The maximum absolute atomic E-state index is 6.06. The maximum Gasteiger partial charge on any atom is 0.119 e. The molecule has 1 aliphatic carbocycles. The van der Waals surface area contributed by atoms with Crippen molar-refractivity contribution in [1.82, 2.24) is 0 Å². The third-order valence-corrected chi connectivity index (χ3v) is 3.22. The normalized spacial score (nSPS) is 18.2. The van der Waals surface area contributed by atoms with E-state index in [4.69, 9.17) is 10.5 Å². The Morgan fingerprint density at radius 1 is 1.27 bits per heavy atom. The molecule has 0 spiro atoms. The molecule has 0 heterocycles. The summed E-state index contributed by atoms with van der Waals surface area (Å²) < 4.78 is 5.62. The van der Waals surface area contributed by atoms with E-state index in [1.165, 1.54) is 19.3 Å². The summed E-state index contributed by atoms with van der Waals surface area (Å²) >= 11 is 0. The number of rotatable bonds is 5. The van der Waals surface area contributed by atoms with Gasteiger partial charge >= 0.3 is 0 Å². The van der Waals surface area contributed by atoms with Crippen LogP contribution in [0, 0.1) is 5.92 Å². The fourth-order valence-electron chi connectivity index (χ4n) is 1.93. The van der Waals surface area contributed by atoms with Crippen LogP contribution in [-0.2, 0) is 0 Å². The molecule has 0 radical (unpaired) electrons. The molecule has 2 nitrogen and oxygen atoms in total. The Hall–Kier alpha value is -1.02. The van der Waals surface area contributed by atoms with Crippen molar-refractivity contribution in [3.8, 4) is 5.75 Å². The minimum Gasteiger partial charge on any atom is -0.494 e. The quantitative estimate of drug-likeness (QED) is 0.802. The van der Waals surface area contributed by atoms with Crippen LogP contribution in [0.5, 0.6) is 5.75 Å². The van der Waals surface area contributed by atoms with Gasteiger partial charge in [-0.1, -0.05) is 24.6 Å². The minimum atomic E-state index is 0.336. The minimum absolute atomic E-state index is 0.336. The van der Waals surface area contributed by atoms with Crippen molar-refractivity contribution in [2.75, 3.05) is 6.61 Å². The van der Waals surface area contributed by atoms with Crippen molar-refractivity contribution >= 4 is 0 Å². The van der Waals surface area contributed by atoms with E-state index in [0.29, 0.717) is 6.04 Å². The van der Waals surface area contributed by atoms with Gasteiger partial charge < -0.3 is 10.5 Å². The van der Waals surface area contributed by atoms with Gasteiger partial charge in [0.1, 0.15) is 5.75 Å². The van der Waals surface area contributed by atoms with Gasteiger partial charge in [-0.2, -0.15) is 0 Å². The molecule has 1 aliphatic rings. The third kappa shape index (κ3) is 2.96. The van der Waals surface area contributed by atoms with Crippen LogP contribution in [0.25, 0.3) is 0 Å². The van der Waals surface area contributed by atoms with Crippen LogP contribution in [0.4, 0.5) is 0 Å². The highest BCUT2D eigenvalue weighted by atomic mass is 16.5. The summed E-state index contributed by atoms with van der Waals surface area (Å²) in [7, 11) is 0. The van der Waals surface area contributed by atoms with Gasteiger partial charge in [0.15, 0.2) is 0 Å². The Labute approximate surface area is 91.4 Å². The van der Waals surface area contributed by atoms with Crippen LogP contribution in [0.15, 0.2) is 30.3 Å². The first-order valence-corrected chi connectivity index (χ1v) is 5.79. The summed E-state index contributed by atoms with van der Waals surface area (Å²) in [5.74, 6) is 1.70. The summed E-state index contributed by atoms with van der Waals surface area (Å²) in [6, 6.07) is 10.3. The fourth-order valence-corrected chi connectivity index (χ4v) is 1.93. The van der Waals surface area contributed by atoms with Crippen LogP contribution >= 0.6 is 0 Å². The number of ether oxygens (including phenoxy) is 1. The fraction of sp³-hybridized carbons (Fsp3) is 0.538. The van der Waals surface area contributed by atoms with Crippen LogP contribution in [0.1, 0.15) is 25.7 Å². The van der Waals surface area contributed by atoms with Gasteiger partial charge in [-0.15, -0.1) is 0 Å². The van der Waals surface area contributed by atoms with Crippen molar-refractivity contribution in [2.45, 2.75) is 31.7 Å². The smallest absolute Gasteiger partial charge is 0.119 e. The molecule has 0 bridgehead atoms. The average molecular weight is 205 g/mol. The van der Waals surface area contributed by atoms with E-state index in [2.05, 4.69) is 0 Å². The van der Waals surface area contributed by atoms with Crippen molar-refractivity contribution in [3.63, 3.8) is 0 Å². The molecule has 0 saturated heterocycles. The van der Waals surface area contributed by atoms with Gasteiger partial charge in [-0.05, 0) is 37.3 Å². The Bertz CT molecular complexity index is 282. The molecule has 2 heteroatoms. The molecular formula is C13H19NO. The molecular weight excluding hydrogens is 186 g/mol. The van der Waals surface area contributed by atoms with Crippen LogP contribution in [0.2, 0.25) is 0 Å². The molecule has 1 saturated carbocycles. The monoisotopic (exact) mass is 205 g/mol. The molecule has 15 heavy (non-hydrogen) atoms. The van der Waals surface area contributed by atoms with Gasteiger partial charge in [0.2, 0.25) is 0 Å². The van der Waals surface area contributed by atoms with Crippen molar-refractivity contribution in [3.05, 3.63) is 30.3 Å². The molecule has 2 rings (SSSR count). The van der Waals surface area contributed by atoms with Crippen molar-refractivity contribution in [2.24, 2.45) is 11.7 Å². The zero-order valence-corrected chi connectivity index (χ0v) is 9.06. The summed E-state index contributed by atoms with van der Waals surface area (Å²) in [6.07, 6.45) is 4.95. The van der Waals surface area contributed by atoms with Crippen LogP contribution < -0.4 is 10.5 Å². The molecule has 0 aliphatic heterocycles. The first-order chi connectivity index (χ1) is 7.36. The van der Waals surface area contributed by atoms with E-state index in [9.17, 15) is 0 Å². The van der Waals surface area contributed by atoms with E-state index in [1.807, 2.05) is 30.3 Å². The highest BCUT2D eigenvalue weighted by molar-refractivity contribution is 5.20. The average Bonchev–Trinajstić information content (AvgIpc) is 2.16. The second-order valence-corrected chi connectivity index (χ2v) is 4.31. The Kier molecular flexibility index (Phi) is 3.62. The van der Waals surface area contributed by atoms with E-state index < -0.39 is 0 Å². The second-order valence-electron chi connectivity index (χ2n) is 4.31. The highest BCUT2D eigenvalue weighted by Gasteiger charge is 2.23. The topological polar surface area (TPSA) is 35.2 Å². The first kappa shape index (κ1) is 10.5. The van der Waals surface area contributed by atoms with E-state index in [1.54, 1.807) is 0 Å². The van der Waals surface area contributed by atoms with Crippen LogP contribution in [0.3, 0.4) is 0 Å². The standard InChI is InChI=1S/C13H19NO/c14-13(11-5-4-6-11)9-10-15-12-7-2-1-3-8-12/h1-3,7-8,11,13H,4-6,9-10,14H2. The Morgan fingerprint density at radius 2 is 2.00 bits per heavy atom. The predicted molar refractivity (Wildman–Crippen MR) is 61.9 cm³/mol. The van der Waals surface area contributed by atoms with E-state index in [0.717, 1.165) is 24.7 Å². The first-order valence-electron chi connectivity index (χ1n) is 5.79. The summed E-state index contributed by atoms with van der Waals surface area (Å²) in [5.41, 5.74) is 6.06. The lowest BCUT2D eigenvalue weighted by Crippen LogP contribution is -2.35. The SMILES string of the molecule is NC(CCOc1ccccc1)C1CCC1. The zero-order chi connectivity index (χ0) is 10.5. The third-order valence-electron chi connectivity index (χ3n) is 3.22. The molecule has 1 fully saturated rings. The van der Waals surface area contributed by atoms with Crippen molar-refractivity contribution in [1.29, 1.82) is 0 Å². The van der Waals surface area contributed by atoms with Crippen molar-refractivity contribution < 1.29 is 4.74 Å². The number of nitrogens with two attached hydrogens (primary N) is 1. The lowest BCUT2D eigenvalue weighted by Gasteiger charge is -2.31. The molecule has 2 N–H and O–H groups in total. The predicted octanol–water partition coefficient (Wildman–Crippen LogP) is 2.58. The van der Waals surface area contributed by atoms with Crippen LogP contribution in [-0.4, -0.2) is 12.6 Å². The molecule has 1 atom stereocenters. The summed E-state index contributed by atoms with van der Waals surface area (Å²) in [6.45, 7) is 0.738. The number of benzene rings is 1. The number of hydrogen-bond acceptors (Lipinski definition) is 2. The Balaban J connectivity index is 1.66. The van der Waals surface area contributed by atoms with Gasteiger partial charge in [-0.25, -0.2) is 0 Å². The summed E-state index contributed by atoms with van der Waals surface area (Å²) in [5, 5.41) is 0. The van der Waals surface area contributed by atoms with E-state index in [-0.39, 0.29) is 0 Å². The largest absolute Gasteiger partial charge is 0.494 e. The Morgan fingerprint density at radius 3 is 2.60 bits per heavy atom. The van der Waals surface area contributed by atoms with Gasteiger partial charge in [-0.3, -0.25) is 0 Å². The van der Waals surface area contributed by atoms with Gasteiger partial charge in [0.25, 0.3) is 0 Å². The maximum atomic E-state index is 6.06. The number of para-hydroxylation sites is 1.